The van der Waals surface area contributed by atoms with E-state index in [2.05, 4.69) is 88.5 Å². The number of rotatable bonds is 8. The van der Waals surface area contributed by atoms with Crippen LogP contribution < -0.4 is 0 Å². The molecule has 220 valence electrons. The number of hydrogen-bond acceptors (Lipinski definition) is 2. The highest BCUT2D eigenvalue weighted by Gasteiger charge is 2.22. The Morgan fingerprint density at radius 2 is 1.09 bits per heavy atom. The molecule has 4 aromatic heterocycles. The first-order valence-corrected chi connectivity index (χ1v) is 15.4. The fourth-order valence-corrected chi connectivity index (χ4v) is 7.18. The molecular formula is C39H32N4O2. The topological polar surface area (TPSA) is 97.3 Å². The number of H-pyrrole nitrogens is 4. The second kappa shape index (κ2) is 10.5. The third-order valence-electron chi connectivity index (χ3n) is 9.55. The third kappa shape index (κ3) is 4.32. The highest BCUT2D eigenvalue weighted by Crippen LogP contribution is 2.36. The summed E-state index contributed by atoms with van der Waals surface area (Å²) in [6.07, 6.45) is 6.79. The maximum atomic E-state index is 12.5. The normalized spacial score (nSPS) is 13.2. The predicted molar refractivity (Wildman–Crippen MR) is 182 cm³/mol. The standard InChI is InChI=1S/C39H32N4O2/c1-22(30-18-40-34-9-5-3-7-26(30)34)39-33(21-45)29-16-24(12-14-36(29)43-39)15-25-11-13-28-31(19-41-37(28)17-25)23(2)38-32(20-44)27-8-4-6-10-35(27)42-38/h3-14,16-23,40-43H,15H2,1-2H3. The van der Waals surface area contributed by atoms with Gasteiger partial charge in [-0.15, -0.1) is 0 Å². The Morgan fingerprint density at radius 3 is 1.80 bits per heavy atom. The molecular weight excluding hydrogens is 556 g/mol. The molecule has 0 aliphatic heterocycles. The Balaban J connectivity index is 1.10. The first-order chi connectivity index (χ1) is 22.0. The number of fused-ring (bicyclic) bond motifs is 4. The number of aldehydes is 2. The Kier molecular flexibility index (Phi) is 6.31. The van der Waals surface area contributed by atoms with Crippen molar-refractivity contribution in [3.05, 3.63) is 142 Å². The van der Waals surface area contributed by atoms with Crippen molar-refractivity contribution in [3.8, 4) is 0 Å². The number of carbonyl (C=O) groups excluding carboxylic acids is 2. The van der Waals surface area contributed by atoms with Crippen LogP contribution in [0, 0.1) is 0 Å². The van der Waals surface area contributed by atoms with Gasteiger partial charge in [0.05, 0.1) is 0 Å². The molecule has 0 fully saturated rings. The Labute approximate surface area is 259 Å². The van der Waals surface area contributed by atoms with Crippen LogP contribution in [0.3, 0.4) is 0 Å². The summed E-state index contributed by atoms with van der Waals surface area (Å²) < 4.78 is 0. The first kappa shape index (κ1) is 27.0. The van der Waals surface area contributed by atoms with Gasteiger partial charge in [-0.05, 0) is 59.0 Å². The molecule has 8 rings (SSSR count). The molecule has 0 radical (unpaired) electrons. The molecule has 4 N–H and O–H groups in total. The zero-order valence-electron chi connectivity index (χ0n) is 25.1. The molecule has 4 heterocycles. The van der Waals surface area contributed by atoms with E-state index in [1.54, 1.807) is 0 Å². The highest BCUT2D eigenvalue weighted by molar-refractivity contribution is 6.01. The predicted octanol–water partition coefficient (Wildman–Crippen LogP) is 9.13. The third-order valence-corrected chi connectivity index (χ3v) is 9.55. The van der Waals surface area contributed by atoms with Gasteiger partial charge < -0.3 is 19.9 Å². The first-order valence-electron chi connectivity index (χ1n) is 15.4. The number of aromatic amines is 4. The molecule has 2 unspecified atom stereocenters. The van der Waals surface area contributed by atoms with E-state index in [0.29, 0.717) is 0 Å². The minimum absolute atomic E-state index is 0.0100. The summed E-state index contributed by atoms with van der Waals surface area (Å²) in [4.78, 5) is 38.4. The lowest BCUT2D eigenvalue weighted by Crippen LogP contribution is -1.99. The Bertz CT molecular complexity index is 2400. The zero-order valence-corrected chi connectivity index (χ0v) is 25.1. The fourth-order valence-electron chi connectivity index (χ4n) is 7.18. The van der Waals surface area contributed by atoms with Gasteiger partial charge in [0, 0.05) is 90.4 Å². The fraction of sp³-hybridized carbons (Fsp3) is 0.128. The van der Waals surface area contributed by atoms with E-state index in [4.69, 9.17) is 0 Å². The lowest BCUT2D eigenvalue weighted by atomic mass is 9.93. The maximum absolute atomic E-state index is 12.5. The van der Waals surface area contributed by atoms with Gasteiger partial charge in [-0.1, -0.05) is 68.4 Å². The summed E-state index contributed by atoms with van der Waals surface area (Å²) >= 11 is 0. The summed E-state index contributed by atoms with van der Waals surface area (Å²) in [5.74, 6) is 0.0341. The number of aromatic nitrogens is 4. The van der Waals surface area contributed by atoms with Crippen LogP contribution in [0.5, 0.6) is 0 Å². The van der Waals surface area contributed by atoms with Crippen molar-refractivity contribution in [3.63, 3.8) is 0 Å². The second-order valence-electron chi connectivity index (χ2n) is 12.1. The van der Waals surface area contributed by atoms with Crippen molar-refractivity contribution in [2.24, 2.45) is 0 Å². The van der Waals surface area contributed by atoms with E-state index in [1.807, 2.05) is 42.6 Å². The molecule has 2 atom stereocenters. The highest BCUT2D eigenvalue weighted by atomic mass is 16.1. The molecule has 8 aromatic rings. The SMILES string of the molecule is CC(c1[nH]c2ccccc2c1C=O)c1c[nH]c2cc(Cc3ccc4[nH]c(C(C)c5c[nH]c6ccccc56)c(C=O)c4c3)ccc12. The van der Waals surface area contributed by atoms with Gasteiger partial charge in [-0.25, -0.2) is 0 Å². The molecule has 0 saturated carbocycles. The monoisotopic (exact) mass is 588 g/mol. The summed E-state index contributed by atoms with van der Waals surface area (Å²) in [6, 6.07) is 29.1. The zero-order chi connectivity index (χ0) is 30.7. The van der Waals surface area contributed by atoms with Crippen LogP contribution in [0.4, 0.5) is 0 Å². The molecule has 0 bridgehead atoms. The van der Waals surface area contributed by atoms with Crippen LogP contribution in [0.1, 0.15) is 80.0 Å². The van der Waals surface area contributed by atoms with Gasteiger partial charge in [-0.3, -0.25) is 9.59 Å². The largest absolute Gasteiger partial charge is 0.361 e. The number of benzene rings is 4. The van der Waals surface area contributed by atoms with Crippen LogP contribution in [-0.4, -0.2) is 32.5 Å². The molecule has 0 aliphatic rings. The summed E-state index contributed by atoms with van der Waals surface area (Å²) in [6.45, 7) is 4.28. The van der Waals surface area contributed by atoms with Gasteiger partial charge in [0.15, 0.2) is 12.6 Å². The second-order valence-corrected chi connectivity index (χ2v) is 12.1. The van der Waals surface area contributed by atoms with Crippen molar-refractivity contribution >= 4 is 56.2 Å². The van der Waals surface area contributed by atoms with Crippen molar-refractivity contribution in [2.75, 3.05) is 0 Å². The van der Waals surface area contributed by atoms with Crippen molar-refractivity contribution in [1.82, 2.24) is 19.9 Å². The Hall–Kier alpha value is -5.62. The van der Waals surface area contributed by atoms with Crippen LogP contribution in [0.15, 0.2) is 97.3 Å². The van der Waals surface area contributed by atoms with Gasteiger partial charge in [0.25, 0.3) is 0 Å². The van der Waals surface area contributed by atoms with Crippen LogP contribution in [0.2, 0.25) is 0 Å². The molecule has 0 amide bonds. The van der Waals surface area contributed by atoms with E-state index in [9.17, 15) is 9.59 Å². The average molecular weight is 589 g/mol. The van der Waals surface area contributed by atoms with Gasteiger partial charge in [0.1, 0.15) is 0 Å². The van der Waals surface area contributed by atoms with E-state index >= 15 is 0 Å². The van der Waals surface area contributed by atoms with Crippen molar-refractivity contribution in [2.45, 2.75) is 32.1 Å². The molecule has 4 aromatic carbocycles. The van der Waals surface area contributed by atoms with E-state index in [1.165, 1.54) is 16.5 Å². The van der Waals surface area contributed by atoms with Gasteiger partial charge >= 0.3 is 0 Å². The summed E-state index contributed by atoms with van der Waals surface area (Å²) in [5.41, 5.74) is 12.0. The van der Waals surface area contributed by atoms with E-state index in [-0.39, 0.29) is 11.8 Å². The van der Waals surface area contributed by atoms with E-state index < -0.39 is 0 Å². The molecule has 6 nitrogen and oxygen atoms in total. The maximum Gasteiger partial charge on any atom is 0.152 e. The summed E-state index contributed by atoms with van der Waals surface area (Å²) in [5, 5.41) is 4.21. The van der Waals surface area contributed by atoms with Crippen LogP contribution in [0.25, 0.3) is 43.6 Å². The minimum atomic E-state index is 0.0100. The molecule has 0 saturated heterocycles. The number of hydrogen-bond donors (Lipinski definition) is 4. The number of carbonyl (C=O) groups is 2. The quantitative estimate of drug-likeness (QED) is 0.133. The van der Waals surface area contributed by atoms with Crippen molar-refractivity contribution in [1.29, 1.82) is 0 Å². The van der Waals surface area contributed by atoms with Gasteiger partial charge in [0.2, 0.25) is 0 Å². The summed E-state index contributed by atoms with van der Waals surface area (Å²) in [7, 11) is 0. The number of para-hydroxylation sites is 2. The lowest BCUT2D eigenvalue weighted by Gasteiger charge is -2.11. The average Bonchev–Trinajstić information content (AvgIpc) is 3.85. The van der Waals surface area contributed by atoms with Gasteiger partial charge in [-0.2, -0.15) is 0 Å². The lowest BCUT2D eigenvalue weighted by molar-refractivity contribution is 0.111. The van der Waals surface area contributed by atoms with Crippen LogP contribution in [-0.2, 0) is 6.42 Å². The molecule has 45 heavy (non-hydrogen) atoms. The van der Waals surface area contributed by atoms with Crippen molar-refractivity contribution < 1.29 is 9.59 Å². The minimum Gasteiger partial charge on any atom is -0.361 e. The Morgan fingerprint density at radius 1 is 0.556 bits per heavy atom. The molecule has 6 heteroatoms. The smallest absolute Gasteiger partial charge is 0.152 e. The number of nitrogens with one attached hydrogen (secondary N) is 4. The molecule has 0 aliphatic carbocycles. The van der Waals surface area contributed by atoms with Crippen LogP contribution >= 0.6 is 0 Å². The molecule has 0 spiro atoms. The van der Waals surface area contributed by atoms with E-state index in [0.717, 1.165) is 90.9 Å².